The lowest BCUT2D eigenvalue weighted by Gasteiger charge is -2.15. The first kappa shape index (κ1) is 13.6. The van der Waals surface area contributed by atoms with Crippen molar-refractivity contribution in [3.63, 3.8) is 0 Å². The van der Waals surface area contributed by atoms with E-state index in [0.29, 0.717) is 0 Å². The monoisotopic (exact) mass is 260 g/mol. The van der Waals surface area contributed by atoms with E-state index in [-0.39, 0.29) is 6.04 Å². The fourth-order valence-electron chi connectivity index (χ4n) is 2.06. The summed E-state index contributed by atoms with van der Waals surface area (Å²) in [5, 5.41) is 4.17. The molecular weight excluding hydrogens is 240 g/mol. The molecule has 6 heteroatoms. The molecule has 0 aromatic carbocycles. The van der Waals surface area contributed by atoms with Gasteiger partial charge in [0.2, 0.25) is 0 Å². The molecule has 0 saturated heterocycles. The molecule has 0 aliphatic heterocycles. The van der Waals surface area contributed by atoms with Gasteiger partial charge in [-0.15, -0.1) is 0 Å². The van der Waals surface area contributed by atoms with Crippen LogP contribution in [0.5, 0.6) is 0 Å². The molecule has 0 amide bonds. The highest BCUT2D eigenvalue weighted by atomic mass is 15.3. The molecule has 1 atom stereocenters. The van der Waals surface area contributed by atoms with Crippen LogP contribution in [-0.4, -0.2) is 25.8 Å². The average Bonchev–Trinajstić information content (AvgIpc) is 2.91. The Kier molecular flexibility index (Phi) is 5.00. The largest absolute Gasteiger partial charge is 0.271 e. The minimum atomic E-state index is 0.190. The molecule has 0 aliphatic carbocycles. The van der Waals surface area contributed by atoms with Gasteiger partial charge < -0.3 is 0 Å². The van der Waals surface area contributed by atoms with Crippen LogP contribution >= 0.6 is 0 Å². The number of nitrogens with one attached hydrogen (secondary N) is 1. The maximum absolute atomic E-state index is 5.62. The van der Waals surface area contributed by atoms with Gasteiger partial charge in [0, 0.05) is 31.4 Å². The number of aromatic nitrogens is 4. The Morgan fingerprint density at radius 1 is 1.47 bits per heavy atom. The molecule has 0 aliphatic rings. The summed E-state index contributed by atoms with van der Waals surface area (Å²) in [6.07, 6.45) is 7.94. The third-order valence-corrected chi connectivity index (χ3v) is 3.16. The van der Waals surface area contributed by atoms with E-state index in [1.54, 1.807) is 12.5 Å². The maximum atomic E-state index is 5.62. The zero-order valence-corrected chi connectivity index (χ0v) is 11.2. The van der Waals surface area contributed by atoms with Crippen molar-refractivity contribution >= 4 is 0 Å². The van der Waals surface area contributed by atoms with Gasteiger partial charge in [0.25, 0.3) is 0 Å². The van der Waals surface area contributed by atoms with Gasteiger partial charge >= 0.3 is 0 Å². The van der Waals surface area contributed by atoms with Crippen molar-refractivity contribution in [2.45, 2.75) is 38.8 Å². The molecule has 3 N–H and O–H groups in total. The van der Waals surface area contributed by atoms with Crippen molar-refractivity contribution in [3.8, 4) is 0 Å². The van der Waals surface area contributed by atoms with Crippen LogP contribution in [0.1, 0.15) is 24.7 Å². The molecule has 0 radical (unpaired) electrons. The molecule has 2 rings (SSSR count). The maximum Gasteiger partial charge on any atom is 0.138 e. The van der Waals surface area contributed by atoms with Crippen LogP contribution in [0.4, 0.5) is 0 Å². The lowest BCUT2D eigenvalue weighted by Crippen LogP contribution is -2.37. The van der Waals surface area contributed by atoms with Gasteiger partial charge in [-0.1, -0.05) is 6.07 Å². The summed E-state index contributed by atoms with van der Waals surface area (Å²) >= 11 is 0. The number of pyridine rings is 1. The van der Waals surface area contributed by atoms with Crippen LogP contribution in [0, 0.1) is 0 Å². The summed E-state index contributed by atoms with van der Waals surface area (Å²) in [7, 11) is 0. The summed E-state index contributed by atoms with van der Waals surface area (Å²) in [6.45, 7) is 2.88. The molecule has 1 unspecified atom stereocenters. The predicted octanol–water partition coefficient (Wildman–Crippen LogP) is 0.700. The fourth-order valence-corrected chi connectivity index (χ4v) is 2.06. The normalized spacial score (nSPS) is 12.5. The Morgan fingerprint density at radius 3 is 3.05 bits per heavy atom. The van der Waals surface area contributed by atoms with Gasteiger partial charge in [-0.2, -0.15) is 5.10 Å². The van der Waals surface area contributed by atoms with E-state index in [1.807, 2.05) is 16.9 Å². The van der Waals surface area contributed by atoms with Crippen LogP contribution in [0.25, 0.3) is 0 Å². The summed E-state index contributed by atoms with van der Waals surface area (Å²) in [5.74, 6) is 6.59. The summed E-state index contributed by atoms with van der Waals surface area (Å²) in [5.41, 5.74) is 4.08. The van der Waals surface area contributed by atoms with Crippen LogP contribution in [0.3, 0.4) is 0 Å². The van der Waals surface area contributed by atoms with E-state index < -0.39 is 0 Å². The standard InChI is InChI=1S/C13H20N6/c1-2-19-13(16-10-17-19)8-12(18-14)6-5-11-4-3-7-15-9-11/h3-4,7,9-10,12,18H,2,5-6,8,14H2,1H3. The van der Waals surface area contributed by atoms with Crippen LogP contribution in [0.15, 0.2) is 30.9 Å². The van der Waals surface area contributed by atoms with Crippen LogP contribution < -0.4 is 11.3 Å². The number of hydrogen-bond donors (Lipinski definition) is 2. The van der Waals surface area contributed by atoms with E-state index in [9.17, 15) is 0 Å². The topological polar surface area (TPSA) is 81.7 Å². The first-order chi connectivity index (χ1) is 9.33. The van der Waals surface area contributed by atoms with Gasteiger partial charge in [0.15, 0.2) is 0 Å². The molecule has 0 bridgehead atoms. The highest BCUT2D eigenvalue weighted by molar-refractivity contribution is 5.08. The second-order valence-corrected chi connectivity index (χ2v) is 4.46. The van der Waals surface area contributed by atoms with Gasteiger partial charge in [0.1, 0.15) is 12.2 Å². The van der Waals surface area contributed by atoms with E-state index >= 15 is 0 Å². The van der Waals surface area contributed by atoms with Crippen molar-refractivity contribution < 1.29 is 0 Å². The van der Waals surface area contributed by atoms with Crippen molar-refractivity contribution in [1.29, 1.82) is 0 Å². The minimum absolute atomic E-state index is 0.190. The molecule has 0 saturated carbocycles. The molecule has 2 heterocycles. The molecule has 2 aromatic heterocycles. The Bertz CT molecular complexity index is 481. The molecule has 6 nitrogen and oxygen atoms in total. The summed E-state index contributed by atoms with van der Waals surface area (Å²) in [4.78, 5) is 8.39. The summed E-state index contributed by atoms with van der Waals surface area (Å²) in [6, 6.07) is 4.22. The van der Waals surface area contributed by atoms with E-state index in [1.165, 1.54) is 5.56 Å². The predicted molar refractivity (Wildman–Crippen MR) is 73.1 cm³/mol. The van der Waals surface area contributed by atoms with Gasteiger partial charge in [-0.05, 0) is 31.4 Å². The van der Waals surface area contributed by atoms with Gasteiger partial charge in [0.05, 0.1) is 0 Å². The Hall–Kier alpha value is -1.79. The number of hydrogen-bond acceptors (Lipinski definition) is 5. The first-order valence-corrected chi connectivity index (χ1v) is 6.55. The molecule has 19 heavy (non-hydrogen) atoms. The molecule has 0 spiro atoms. The third kappa shape index (κ3) is 3.84. The molecular formula is C13H20N6. The zero-order valence-electron chi connectivity index (χ0n) is 11.2. The second-order valence-electron chi connectivity index (χ2n) is 4.46. The van der Waals surface area contributed by atoms with E-state index in [2.05, 4.69) is 33.5 Å². The Labute approximate surface area is 113 Å². The molecule has 0 fully saturated rings. The number of rotatable bonds is 7. The quantitative estimate of drug-likeness (QED) is 0.566. The smallest absolute Gasteiger partial charge is 0.138 e. The number of nitrogens with two attached hydrogens (primary N) is 1. The fraction of sp³-hybridized carbons (Fsp3) is 0.462. The Morgan fingerprint density at radius 2 is 2.37 bits per heavy atom. The van der Waals surface area contributed by atoms with Crippen LogP contribution in [0.2, 0.25) is 0 Å². The first-order valence-electron chi connectivity index (χ1n) is 6.55. The van der Waals surface area contributed by atoms with Crippen LogP contribution in [-0.2, 0) is 19.4 Å². The van der Waals surface area contributed by atoms with Gasteiger partial charge in [-0.25, -0.2) is 4.98 Å². The molecule has 2 aromatic rings. The van der Waals surface area contributed by atoms with E-state index in [0.717, 1.165) is 31.6 Å². The lowest BCUT2D eigenvalue weighted by atomic mass is 10.0. The average molecular weight is 260 g/mol. The molecule has 102 valence electrons. The van der Waals surface area contributed by atoms with Crippen molar-refractivity contribution in [3.05, 3.63) is 42.2 Å². The van der Waals surface area contributed by atoms with Gasteiger partial charge in [-0.3, -0.25) is 20.9 Å². The van der Waals surface area contributed by atoms with E-state index in [4.69, 9.17) is 5.84 Å². The lowest BCUT2D eigenvalue weighted by molar-refractivity contribution is 0.466. The highest BCUT2D eigenvalue weighted by Crippen LogP contribution is 2.07. The number of nitrogens with zero attached hydrogens (tertiary/aromatic N) is 4. The summed E-state index contributed by atoms with van der Waals surface area (Å²) < 4.78 is 1.90. The number of hydrazine groups is 1. The number of aryl methyl sites for hydroxylation is 2. The SMILES string of the molecule is CCn1ncnc1CC(CCc1cccnc1)NN. The minimum Gasteiger partial charge on any atom is -0.271 e. The van der Waals surface area contributed by atoms with Crippen molar-refractivity contribution in [2.75, 3.05) is 0 Å². The third-order valence-electron chi connectivity index (χ3n) is 3.16. The van der Waals surface area contributed by atoms with Crippen molar-refractivity contribution in [1.82, 2.24) is 25.2 Å². The second kappa shape index (κ2) is 6.96. The Balaban J connectivity index is 1.90. The highest BCUT2D eigenvalue weighted by Gasteiger charge is 2.12. The zero-order chi connectivity index (χ0) is 13.5. The van der Waals surface area contributed by atoms with Crippen molar-refractivity contribution in [2.24, 2.45) is 5.84 Å².